The Balaban J connectivity index is 1.30. The molecule has 0 saturated carbocycles. The summed E-state index contributed by atoms with van der Waals surface area (Å²) in [7, 11) is 0. The smallest absolute Gasteiger partial charge is 0.227 e. The molecule has 0 radical (unpaired) electrons. The van der Waals surface area contributed by atoms with Gasteiger partial charge in [-0.25, -0.2) is 4.98 Å². The molecule has 0 bridgehead atoms. The molecule has 1 aliphatic heterocycles. The van der Waals surface area contributed by atoms with Crippen LogP contribution in [0.15, 0.2) is 67.0 Å². The fraction of sp³-hybridized carbons (Fsp3) is 0.227. The zero-order valence-corrected chi connectivity index (χ0v) is 16.0. The second-order valence-electron chi connectivity index (χ2n) is 7.23. The van der Waals surface area contributed by atoms with Crippen molar-refractivity contribution < 1.29 is 0 Å². The summed E-state index contributed by atoms with van der Waals surface area (Å²) in [5, 5.41) is 15.1. The molecule has 146 valence electrons. The molecule has 3 heterocycles. The highest BCUT2D eigenvalue weighted by molar-refractivity contribution is 5.82. The van der Waals surface area contributed by atoms with Crippen molar-refractivity contribution in [2.75, 3.05) is 29.9 Å². The molecule has 5 rings (SSSR count). The molecular weight excluding hydrogens is 362 g/mol. The van der Waals surface area contributed by atoms with Gasteiger partial charge in [-0.1, -0.05) is 30.3 Å². The second-order valence-corrected chi connectivity index (χ2v) is 7.23. The van der Waals surface area contributed by atoms with Gasteiger partial charge in [0.1, 0.15) is 5.82 Å². The standard InChI is InChI=1S/C22H23N7/c1-2-4-16(5-3-1)19-9-12-29(13-11-23-19)22-24-10-8-21(27-22)26-18-6-7-20-17(14-18)15-25-28-20/h1-8,10,14-15,19,23H,9,11-13H2,(H,25,28)(H,24,26,27). The van der Waals surface area contributed by atoms with Gasteiger partial charge in [-0.05, 0) is 36.2 Å². The Bertz CT molecular complexity index is 1090. The number of aromatic amines is 1. The van der Waals surface area contributed by atoms with E-state index in [-0.39, 0.29) is 0 Å². The first-order chi connectivity index (χ1) is 14.3. The van der Waals surface area contributed by atoms with Crippen molar-refractivity contribution in [1.82, 2.24) is 25.5 Å². The van der Waals surface area contributed by atoms with Crippen molar-refractivity contribution in [3.8, 4) is 0 Å². The molecular formula is C22H23N7. The second kappa shape index (κ2) is 7.89. The van der Waals surface area contributed by atoms with Gasteiger partial charge in [-0.15, -0.1) is 0 Å². The lowest BCUT2D eigenvalue weighted by Crippen LogP contribution is -2.29. The minimum absolute atomic E-state index is 0.365. The number of anilines is 3. The maximum Gasteiger partial charge on any atom is 0.227 e. The number of H-pyrrole nitrogens is 1. The monoisotopic (exact) mass is 385 g/mol. The van der Waals surface area contributed by atoms with Crippen LogP contribution in [0.2, 0.25) is 0 Å². The fourth-order valence-electron chi connectivity index (χ4n) is 3.78. The van der Waals surface area contributed by atoms with Crippen LogP contribution in [0, 0.1) is 0 Å². The Kier molecular flexibility index (Phi) is 4.80. The lowest BCUT2D eigenvalue weighted by atomic mass is 10.0. The molecule has 7 nitrogen and oxygen atoms in total. The third-order valence-corrected chi connectivity index (χ3v) is 5.30. The zero-order chi connectivity index (χ0) is 19.5. The van der Waals surface area contributed by atoms with Gasteiger partial charge in [0.05, 0.1) is 11.7 Å². The molecule has 0 spiro atoms. The molecule has 0 aliphatic carbocycles. The summed E-state index contributed by atoms with van der Waals surface area (Å²) < 4.78 is 0. The predicted molar refractivity (Wildman–Crippen MR) is 115 cm³/mol. The minimum Gasteiger partial charge on any atom is -0.340 e. The Labute approximate surface area is 169 Å². The molecule has 0 amide bonds. The van der Waals surface area contributed by atoms with Crippen LogP contribution >= 0.6 is 0 Å². The summed E-state index contributed by atoms with van der Waals surface area (Å²) in [4.78, 5) is 11.5. The number of fused-ring (bicyclic) bond motifs is 1. The normalized spacial score (nSPS) is 17.2. The van der Waals surface area contributed by atoms with Crippen LogP contribution in [0.25, 0.3) is 10.9 Å². The van der Waals surface area contributed by atoms with Crippen LogP contribution in [-0.4, -0.2) is 39.8 Å². The van der Waals surface area contributed by atoms with Crippen LogP contribution in [0.5, 0.6) is 0 Å². The minimum atomic E-state index is 0.365. The van der Waals surface area contributed by atoms with E-state index in [0.717, 1.165) is 54.4 Å². The third kappa shape index (κ3) is 3.90. The molecule has 3 N–H and O–H groups in total. The van der Waals surface area contributed by atoms with Gasteiger partial charge in [0, 0.05) is 42.9 Å². The molecule has 1 aliphatic rings. The quantitative estimate of drug-likeness (QED) is 0.498. The van der Waals surface area contributed by atoms with E-state index in [2.05, 4.69) is 67.1 Å². The SMILES string of the molecule is c1ccc(C2CCN(c3nccc(Nc4ccc5[nH]ncc5c4)n3)CCN2)cc1. The molecule has 2 aromatic carbocycles. The van der Waals surface area contributed by atoms with E-state index >= 15 is 0 Å². The number of rotatable bonds is 4. The maximum absolute atomic E-state index is 4.75. The highest BCUT2D eigenvalue weighted by Crippen LogP contribution is 2.23. The van der Waals surface area contributed by atoms with Crippen LogP contribution in [0.3, 0.4) is 0 Å². The van der Waals surface area contributed by atoms with Crippen molar-refractivity contribution in [2.45, 2.75) is 12.5 Å². The lowest BCUT2D eigenvalue weighted by Gasteiger charge is -2.20. The third-order valence-electron chi connectivity index (χ3n) is 5.30. The van der Waals surface area contributed by atoms with Gasteiger partial charge in [0.25, 0.3) is 0 Å². The van der Waals surface area contributed by atoms with E-state index in [4.69, 9.17) is 4.98 Å². The molecule has 1 fully saturated rings. The largest absolute Gasteiger partial charge is 0.340 e. The number of nitrogens with one attached hydrogen (secondary N) is 3. The summed E-state index contributed by atoms with van der Waals surface area (Å²) in [5.41, 5.74) is 3.33. The van der Waals surface area contributed by atoms with Gasteiger partial charge < -0.3 is 15.5 Å². The first-order valence-electron chi connectivity index (χ1n) is 9.92. The Morgan fingerprint density at radius 1 is 1.03 bits per heavy atom. The van der Waals surface area contributed by atoms with Gasteiger partial charge in [0.2, 0.25) is 5.95 Å². The molecule has 4 aromatic rings. The van der Waals surface area contributed by atoms with Crippen molar-refractivity contribution in [2.24, 2.45) is 0 Å². The molecule has 29 heavy (non-hydrogen) atoms. The van der Waals surface area contributed by atoms with E-state index in [1.165, 1.54) is 5.56 Å². The summed E-state index contributed by atoms with van der Waals surface area (Å²) in [6, 6.07) is 19.0. The van der Waals surface area contributed by atoms with Crippen LogP contribution < -0.4 is 15.5 Å². The van der Waals surface area contributed by atoms with Gasteiger partial charge in [-0.2, -0.15) is 10.1 Å². The summed E-state index contributed by atoms with van der Waals surface area (Å²) in [6.45, 7) is 2.70. The first-order valence-corrected chi connectivity index (χ1v) is 9.92. The zero-order valence-electron chi connectivity index (χ0n) is 16.0. The Morgan fingerprint density at radius 3 is 2.90 bits per heavy atom. The number of hydrogen-bond donors (Lipinski definition) is 3. The van der Waals surface area contributed by atoms with Crippen LogP contribution in [-0.2, 0) is 0 Å². The van der Waals surface area contributed by atoms with E-state index in [1.807, 2.05) is 30.6 Å². The summed E-state index contributed by atoms with van der Waals surface area (Å²) in [5.74, 6) is 1.55. The summed E-state index contributed by atoms with van der Waals surface area (Å²) >= 11 is 0. The van der Waals surface area contributed by atoms with Crippen molar-refractivity contribution >= 4 is 28.4 Å². The van der Waals surface area contributed by atoms with Crippen molar-refractivity contribution in [3.63, 3.8) is 0 Å². The van der Waals surface area contributed by atoms with E-state index in [1.54, 1.807) is 0 Å². The number of nitrogens with zero attached hydrogens (tertiary/aromatic N) is 4. The Hall–Kier alpha value is -3.45. The highest BCUT2D eigenvalue weighted by atomic mass is 15.3. The fourth-order valence-corrected chi connectivity index (χ4v) is 3.78. The van der Waals surface area contributed by atoms with E-state index < -0.39 is 0 Å². The molecule has 1 unspecified atom stereocenters. The van der Waals surface area contributed by atoms with Crippen LogP contribution in [0.1, 0.15) is 18.0 Å². The predicted octanol–water partition coefficient (Wildman–Crippen LogP) is 3.64. The average molecular weight is 385 g/mol. The Morgan fingerprint density at radius 2 is 1.97 bits per heavy atom. The van der Waals surface area contributed by atoms with E-state index in [0.29, 0.717) is 6.04 Å². The van der Waals surface area contributed by atoms with Gasteiger partial charge >= 0.3 is 0 Å². The van der Waals surface area contributed by atoms with Crippen molar-refractivity contribution in [3.05, 3.63) is 72.6 Å². The number of aromatic nitrogens is 4. The molecule has 7 heteroatoms. The lowest BCUT2D eigenvalue weighted by molar-refractivity contribution is 0.550. The van der Waals surface area contributed by atoms with E-state index in [9.17, 15) is 0 Å². The highest BCUT2D eigenvalue weighted by Gasteiger charge is 2.19. The maximum atomic E-state index is 4.75. The molecule has 1 saturated heterocycles. The summed E-state index contributed by atoms with van der Waals surface area (Å²) in [6.07, 6.45) is 4.65. The number of hydrogen-bond acceptors (Lipinski definition) is 6. The number of benzene rings is 2. The molecule has 2 aromatic heterocycles. The topological polar surface area (TPSA) is 81.8 Å². The van der Waals surface area contributed by atoms with Gasteiger partial charge in [-0.3, -0.25) is 5.10 Å². The van der Waals surface area contributed by atoms with Gasteiger partial charge in [0.15, 0.2) is 0 Å². The average Bonchev–Trinajstić information content (AvgIpc) is 3.09. The molecule has 1 atom stereocenters. The van der Waals surface area contributed by atoms with Crippen molar-refractivity contribution in [1.29, 1.82) is 0 Å². The first kappa shape index (κ1) is 17.6. The van der Waals surface area contributed by atoms with Crippen LogP contribution in [0.4, 0.5) is 17.5 Å².